The second-order valence-electron chi connectivity index (χ2n) is 9.04. The van der Waals surface area contributed by atoms with Crippen molar-refractivity contribution < 1.29 is 28.2 Å². The van der Waals surface area contributed by atoms with E-state index in [2.05, 4.69) is 25.6 Å². The number of nitrogens with zero attached hydrogens (tertiary/aromatic N) is 3. The van der Waals surface area contributed by atoms with Crippen LogP contribution in [0, 0.1) is 11.2 Å². The van der Waals surface area contributed by atoms with Crippen LogP contribution in [0.3, 0.4) is 0 Å². The maximum absolute atomic E-state index is 13.3. The van der Waals surface area contributed by atoms with E-state index < -0.39 is 23.2 Å². The van der Waals surface area contributed by atoms with Crippen LogP contribution in [0.25, 0.3) is 10.9 Å². The summed E-state index contributed by atoms with van der Waals surface area (Å²) in [5.74, 6) is -0.424. The van der Waals surface area contributed by atoms with Crippen molar-refractivity contribution in [1.82, 2.24) is 20.3 Å². The molecule has 1 saturated carbocycles. The Hall–Kier alpha value is -5.39. The number of rotatable bonds is 11. The number of methoxy groups -OCH3 is 2. The average Bonchev–Trinajstić information content (AvgIpc) is 3.82. The summed E-state index contributed by atoms with van der Waals surface area (Å²) in [7, 11) is 3.07. The van der Waals surface area contributed by atoms with Gasteiger partial charge in [0.05, 0.1) is 32.1 Å². The van der Waals surface area contributed by atoms with Crippen LogP contribution >= 0.6 is 0 Å². The van der Waals surface area contributed by atoms with Crippen molar-refractivity contribution in [1.29, 1.82) is 5.41 Å². The van der Waals surface area contributed by atoms with E-state index in [0.29, 0.717) is 28.2 Å². The largest absolute Gasteiger partial charge is 0.493 e. The first-order chi connectivity index (χ1) is 19.9. The Labute approximate surface area is 233 Å². The minimum absolute atomic E-state index is 0.0771. The van der Waals surface area contributed by atoms with Crippen LogP contribution in [0.15, 0.2) is 72.8 Å². The molecule has 0 unspecified atom stereocenters. The zero-order valence-corrected chi connectivity index (χ0v) is 22.1. The summed E-state index contributed by atoms with van der Waals surface area (Å²) in [6, 6.07) is 10.2. The molecule has 4 aromatic rings. The third-order valence-electron chi connectivity index (χ3n) is 6.18. The lowest BCUT2D eigenvalue weighted by atomic mass is 10.0. The molecule has 0 atom stereocenters. The molecule has 12 heteroatoms. The number of hydrogen-bond donors (Lipinski definition) is 3. The molecule has 2 heterocycles. The summed E-state index contributed by atoms with van der Waals surface area (Å²) in [5.41, 5.74) is 0.0502. The summed E-state index contributed by atoms with van der Waals surface area (Å²) in [6.45, 7) is 0. The number of carbonyl (C=O) groups is 2. The molecule has 2 aromatic heterocycles. The van der Waals surface area contributed by atoms with Crippen LogP contribution in [0.1, 0.15) is 18.4 Å². The monoisotopic (exact) mass is 556 g/mol. The molecule has 3 N–H and O–H groups in total. The molecule has 5 rings (SSSR count). The van der Waals surface area contributed by atoms with Crippen molar-refractivity contribution >= 4 is 34.3 Å². The molecule has 1 aliphatic carbocycles. The Bertz CT molecular complexity index is 1650. The smallest absolute Gasteiger partial charge is 0.263 e. The van der Waals surface area contributed by atoms with Gasteiger partial charge in [-0.3, -0.25) is 25.3 Å². The minimum Gasteiger partial charge on any atom is -0.493 e. The van der Waals surface area contributed by atoms with Gasteiger partial charge in [0.15, 0.2) is 17.2 Å². The van der Waals surface area contributed by atoms with E-state index >= 15 is 0 Å². The number of carbonyl (C=O) groups excluding carboxylic acids is 2. The summed E-state index contributed by atoms with van der Waals surface area (Å²) in [6.07, 6.45) is 7.43. The first kappa shape index (κ1) is 27.2. The molecule has 0 bridgehead atoms. The third kappa shape index (κ3) is 6.27. The number of pyridine rings is 1. The summed E-state index contributed by atoms with van der Waals surface area (Å²) >= 11 is 0. The van der Waals surface area contributed by atoms with E-state index in [0.717, 1.165) is 25.0 Å². The molecule has 0 aliphatic heterocycles. The van der Waals surface area contributed by atoms with E-state index in [1.807, 2.05) is 0 Å². The van der Waals surface area contributed by atoms with Gasteiger partial charge < -0.3 is 19.5 Å². The molecule has 1 fully saturated rings. The molecule has 1 aliphatic rings. The number of Topliss-reactive ketones (excluding diaryl/α,β-unsaturated/α-hetero) is 1. The predicted molar refractivity (Wildman–Crippen MR) is 148 cm³/mol. The Kier molecular flexibility index (Phi) is 7.81. The number of anilines is 1. The van der Waals surface area contributed by atoms with Crippen LogP contribution in [0.2, 0.25) is 0 Å². The first-order valence-corrected chi connectivity index (χ1v) is 12.5. The van der Waals surface area contributed by atoms with Crippen molar-refractivity contribution in [3.63, 3.8) is 0 Å². The molecule has 208 valence electrons. The van der Waals surface area contributed by atoms with Crippen molar-refractivity contribution in [2.45, 2.75) is 18.9 Å². The highest BCUT2D eigenvalue weighted by Gasteiger charge is 2.26. The van der Waals surface area contributed by atoms with E-state index in [-0.39, 0.29) is 28.9 Å². The first-order valence-electron chi connectivity index (χ1n) is 12.5. The van der Waals surface area contributed by atoms with Crippen LogP contribution in [-0.2, 0) is 9.59 Å². The third-order valence-corrected chi connectivity index (χ3v) is 6.18. The van der Waals surface area contributed by atoms with Gasteiger partial charge in [0.1, 0.15) is 22.9 Å². The van der Waals surface area contributed by atoms with Gasteiger partial charge in [-0.25, -0.2) is 14.4 Å². The van der Waals surface area contributed by atoms with E-state index in [1.54, 1.807) is 24.4 Å². The van der Waals surface area contributed by atoms with Crippen molar-refractivity contribution in [2.24, 2.45) is 0 Å². The van der Waals surface area contributed by atoms with Gasteiger partial charge in [-0.1, -0.05) is 0 Å². The van der Waals surface area contributed by atoms with Gasteiger partial charge >= 0.3 is 0 Å². The van der Waals surface area contributed by atoms with Crippen LogP contribution in [0.4, 0.5) is 10.3 Å². The number of hydrogen-bond acceptors (Lipinski definition) is 10. The summed E-state index contributed by atoms with van der Waals surface area (Å²) in [5, 5.41) is 14.4. The number of nitrogens with one attached hydrogen (secondary N) is 3. The van der Waals surface area contributed by atoms with Gasteiger partial charge in [-0.15, -0.1) is 0 Å². The standard InChI is InChI=1S/C29H25FN6O5/c1-39-24-11-20-22(12-25(24)40-2)32-10-9-23(20)41-19-13-34-29(35-14-19)36-28(38)21(15-33-18-7-8-18)27(37)26(31)16-3-5-17(30)6-4-16/h3-6,9-15,18,31,33H,7-8H2,1-2H3,(H,34,35,36,38)/b21-15+,31-26?. The van der Waals surface area contributed by atoms with Gasteiger partial charge in [0.2, 0.25) is 11.7 Å². The lowest BCUT2D eigenvalue weighted by Gasteiger charge is -2.12. The number of amides is 1. The maximum Gasteiger partial charge on any atom is 0.263 e. The van der Waals surface area contributed by atoms with Gasteiger partial charge in [-0.2, -0.15) is 0 Å². The van der Waals surface area contributed by atoms with Crippen molar-refractivity contribution in [2.75, 3.05) is 19.5 Å². The van der Waals surface area contributed by atoms with Gasteiger partial charge in [0, 0.05) is 35.5 Å². The number of benzene rings is 2. The molecular weight excluding hydrogens is 531 g/mol. The fraction of sp³-hybridized carbons (Fsp3) is 0.172. The topological polar surface area (TPSA) is 148 Å². The molecule has 41 heavy (non-hydrogen) atoms. The van der Waals surface area contributed by atoms with Gasteiger partial charge in [-0.05, 0) is 49.2 Å². The lowest BCUT2D eigenvalue weighted by Crippen LogP contribution is -2.29. The zero-order valence-electron chi connectivity index (χ0n) is 22.1. The Morgan fingerprint density at radius 3 is 2.32 bits per heavy atom. The number of halogens is 1. The molecule has 2 aromatic carbocycles. The Balaban J connectivity index is 1.32. The Morgan fingerprint density at radius 1 is 0.976 bits per heavy atom. The second-order valence-corrected chi connectivity index (χ2v) is 9.04. The number of aromatic nitrogens is 3. The highest BCUT2D eigenvalue weighted by Crippen LogP contribution is 2.36. The maximum atomic E-state index is 13.3. The zero-order chi connectivity index (χ0) is 28.9. The molecule has 11 nitrogen and oxygen atoms in total. The molecule has 0 saturated heterocycles. The number of fused-ring (bicyclic) bond motifs is 1. The van der Waals surface area contributed by atoms with E-state index in [1.165, 1.54) is 44.9 Å². The highest BCUT2D eigenvalue weighted by molar-refractivity contribution is 6.55. The number of ketones is 1. The minimum atomic E-state index is -0.834. The quantitative estimate of drug-likeness (QED) is 0.107. The normalized spacial score (nSPS) is 12.9. The SMILES string of the molecule is COc1cc2nccc(Oc3cnc(NC(=O)/C(=C/NC4CC4)C(=O)C(=N)c4ccc(F)cc4)nc3)c2cc1OC. The summed E-state index contributed by atoms with van der Waals surface area (Å²) < 4.78 is 30.0. The van der Waals surface area contributed by atoms with Crippen LogP contribution in [0.5, 0.6) is 23.0 Å². The average molecular weight is 557 g/mol. The molecule has 0 spiro atoms. The van der Waals surface area contributed by atoms with Crippen molar-refractivity contribution in [3.8, 4) is 23.0 Å². The van der Waals surface area contributed by atoms with E-state index in [9.17, 15) is 14.0 Å². The van der Waals surface area contributed by atoms with Gasteiger partial charge in [0.25, 0.3) is 5.91 Å². The summed E-state index contributed by atoms with van der Waals surface area (Å²) in [4.78, 5) is 38.8. The highest BCUT2D eigenvalue weighted by atomic mass is 19.1. The lowest BCUT2D eigenvalue weighted by molar-refractivity contribution is -0.117. The Morgan fingerprint density at radius 2 is 1.66 bits per heavy atom. The van der Waals surface area contributed by atoms with Crippen molar-refractivity contribution in [3.05, 3.63) is 84.2 Å². The molecule has 1 amide bonds. The number of ether oxygens (including phenoxy) is 3. The molecule has 0 radical (unpaired) electrons. The fourth-order valence-corrected chi connectivity index (χ4v) is 3.83. The molecular formula is C29H25FN6O5. The second kappa shape index (κ2) is 11.8. The van der Waals surface area contributed by atoms with Crippen LogP contribution < -0.4 is 24.8 Å². The van der Waals surface area contributed by atoms with E-state index in [4.69, 9.17) is 19.6 Å². The predicted octanol–water partition coefficient (Wildman–Crippen LogP) is 4.18. The fourth-order valence-electron chi connectivity index (χ4n) is 3.83. The van der Waals surface area contributed by atoms with Crippen LogP contribution in [-0.4, -0.2) is 52.6 Å².